The van der Waals surface area contributed by atoms with Gasteiger partial charge in [-0.3, -0.25) is 9.59 Å². The number of sulfonamides is 1. The van der Waals surface area contributed by atoms with Crippen LogP contribution in [0.5, 0.6) is 0 Å². The van der Waals surface area contributed by atoms with Gasteiger partial charge in [0, 0.05) is 37.3 Å². The van der Waals surface area contributed by atoms with Crippen LogP contribution in [0, 0.1) is 0 Å². The highest BCUT2D eigenvalue weighted by molar-refractivity contribution is 7.89. The van der Waals surface area contributed by atoms with Gasteiger partial charge in [-0.05, 0) is 36.4 Å². The number of amides is 2. The van der Waals surface area contributed by atoms with Crippen LogP contribution in [-0.2, 0) is 14.8 Å². The number of carbonyl (C=O) groups excluding carboxylic acids is 2. The quantitative estimate of drug-likeness (QED) is 0.751. The van der Waals surface area contributed by atoms with Crippen molar-refractivity contribution in [2.45, 2.75) is 31.2 Å². The minimum atomic E-state index is -3.56. The van der Waals surface area contributed by atoms with Crippen LogP contribution in [0.25, 0.3) is 0 Å². The van der Waals surface area contributed by atoms with Gasteiger partial charge in [0.15, 0.2) is 0 Å². The average molecular weight is 416 g/mol. The molecular weight excluding hydrogens is 390 g/mol. The van der Waals surface area contributed by atoms with Crippen molar-refractivity contribution in [2.75, 3.05) is 24.5 Å². The SMILES string of the molecule is CCN(CC)S(=O)(=O)c1ccc(C(=O)NC2CC(=O)N(c3ccccc3)C2)cc1. The Morgan fingerprint density at radius 2 is 1.69 bits per heavy atom. The van der Waals surface area contributed by atoms with E-state index in [1.807, 2.05) is 30.3 Å². The van der Waals surface area contributed by atoms with E-state index in [4.69, 9.17) is 0 Å². The van der Waals surface area contributed by atoms with Crippen molar-refractivity contribution in [1.29, 1.82) is 0 Å². The number of hydrogen-bond donors (Lipinski definition) is 1. The molecule has 0 aliphatic carbocycles. The third-order valence-electron chi connectivity index (χ3n) is 4.99. The highest BCUT2D eigenvalue weighted by atomic mass is 32.2. The van der Waals surface area contributed by atoms with E-state index in [0.717, 1.165) is 5.69 Å². The zero-order valence-corrected chi connectivity index (χ0v) is 17.4. The largest absolute Gasteiger partial charge is 0.347 e. The Kier molecular flexibility index (Phi) is 6.34. The Morgan fingerprint density at radius 3 is 2.28 bits per heavy atom. The average Bonchev–Trinajstić information content (AvgIpc) is 3.09. The van der Waals surface area contributed by atoms with E-state index in [9.17, 15) is 18.0 Å². The second kappa shape index (κ2) is 8.75. The van der Waals surface area contributed by atoms with Gasteiger partial charge in [0.2, 0.25) is 15.9 Å². The molecule has 7 nitrogen and oxygen atoms in total. The number of para-hydroxylation sites is 1. The lowest BCUT2D eigenvalue weighted by atomic mass is 10.2. The zero-order chi connectivity index (χ0) is 21.0. The molecule has 0 bridgehead atoms. The highest BCUT2D eigenvalue weighted by Crippen LogP contribution is 2.21. The summed E-state index contributed by atoms with van der Waals surface area (Å²) in [4.78, 5) is 26.7. The van der Waals surface area contributed by atoms with Crippen LogP contribution < -0.4 is 10.2 Å². The van der Waals surface area contributed by atoms with Crippen molar-refractivity contribution < 1.29 is 18.0 Å². The first-order valence-electron chi connectivity index (χ1n) is 9.63. The van der Waals surface area contributed by atoms with Crippen molar-refractivity contribution in [3.63, 3.8) is 0 Å². The molecule has 1 N–H and O–H groups in total. The normalized spacial score (nSPS) is 17.0. The van der Waals surface area contributed by atoms with Crippen LogP contribution in [0.4, 0.5) is 5.69 Å². The third kappa shape index (κ3) is 4.49. The molecule has 3 rings (SSSR count). The van der Waals surface area contributed by atoms with Crippen LogP contribution >= 0.6 is 0 Å². The molecule has 2 amide bonds. The molecular formula is C21H25N3O4S. The summed E-state index contributed by atoms with van der Waals surface area (Å²) in [7, 11) is -3.56. The summed E-state index contributed by atoms with van der Waals surface area (Å²) in [5.41, 5.74) is 1.16. The van der Waals surface area contributed by atoms with Crippen LogP contribution in [-0.4, -0.2) is 50.2 Å². The molecule has 0 spiro atoms. The molecule has 1 heterocycles. The predicted octanol–water partition coefficient (Wildman–Crippen LogP) is 2.25. The molecule has 1 saturated heterocycles. The molecule has 0 aromatic heterocycles. The van der Waals surface area contributed by atoms with Crippen molar-refractivity contribution in [2.24, 2.45) is 0 Å². The first-order valence-corrected chi connectivity index (χ1v) is 11.1. The first-order chi connectivity index (χ1) is 13.9. The van der Waals surface area contributed by atoms with Crippen molar-refractivity contribution in [3.05, 3.63) is 60.2 Å². The molecule has 2 aromatic rings. The van der Waals surface area contributed by atoms with Crippen molar-refractivity contribution in [1.82, 2.24) is 9.62 Å². The molecule has 8 heteroatoms. The minimum absolute atomic E-state index is 0.0397. The summed E-state index contributed by atoms with van der Waals surface area (Å²) < 4.78 is 26.5. The van der Waals surface area contributed by atoms with E-state index >= 15 is 0 Å². The van der Waals surface area contributed by atoms with E-state index in [1.165, 1.54) is 28.6 Å². The second-order valence-electron chi connectivity index (χ2n) is 6.83. The molecule has 1 fully saturated rings. The monoisotopic (exact) mass is 415 g/mol. The maximum absolute atomic E-state index is 12.6. The summed E-state index contributed by atoms with van der Waals surface area (Å²) in [6, 6.07) is 14.9. The number of nitrogens with one attached hydrogen (secondary N) is 1. The lowest BCUT2D eigenvalue weighted by molar-refractivity contribution is -0.117. The summed E-state index contributed by atoms with van der Waals surface area (Å²) in [6.45, 7) is 4.74. The maximum Gasteiger partial charge on any atom is 0.251 e. The van der Waals surface area contributed by atoms with Crippen LogP contribution in [0.2, 0.25) is 0 Å². The molecule has 0 radical (unpaired) electrons. The molecule has 1 atom stereocenters. The highest BCUT2D eigenvalue weighted by Gasteiger charge is 2.31. The van der Waals surface area contributed by atoms with E-state index in [0.29, 0.717) is 25.2 Å². The van der Waals surface area contributed by atoms with Gasteiger partial charge in [0.25, 0.3) is 5.91 Å². The van der Waals surface area contributed by atoms with Crippen molar-refractivity contribution in [3.8, 4) is 0 Å². The molecule has 1 aliphatic rings. The van der Waals surface area contributed by atoms with Gasteiger partial charge in [0.05, 0.1) is 10.9 Å². The lowest BCUT2D eigenvalue weighted by Crippen LogP contribution is -2.37. The smallest absolute Gasteiger partial charge is 0.251 e. The van der Waals surface area contributed by atoms with Gasteiger partial charge < -0.3 is 10.2 Å². The van der Waals surface area contributed by atoms with Crippen molar-refractivity contribution >= 4 is 27.5 Å². The number of hydrogen-bond acceptors (Lipinski definition) is 4. The Balaban J connectivity index is 1.67. The van der Waals surface area contributed by atoms with Gasteiger partial charge in [-0.15, -0.1) is 0 Å². The van der Waals surface area contributed by atoms with Gasteiger partial charge in [-0.2, -0.15) is 4.31 Å². The molecule has 1 aliphatic heterocycles. The molecule has 1 unspecified atom stereocenters. The third-order valence-corrected chi connectivity index (χ3v) is 7.05. The number of rotatable bonds is 7. The van der Waals surface area contributed by atoms with E-state index in [1.54, 1.807) is 18.7 Å². The van der Waals surface area contributed by atoms with E-state index < -0.39 is 10.0 Å². The number of anilines is 1. The lowest BCUT2D eigenvalue weighted by Gasteiger charge is -2.19. The molecule has 2 aromatic carbocycles. The molecule has 154 valence electrons. The Labute approximate surface area is 171 Å². The zero-order valence-electron chi connectivity index (χ0n) is 16.5. The minimum Gasteiger partial charge on any atom is -0.347 e. The van der Waals surface area contributed by atoms with E-state index in [-0.39, 0.29) is 29.2 Å². The fourth-order valence-electron chi connectivity index (χ4n) is 3.42. The summed E-state index contributed by atoms with van der Waals surface area (Å²) >= 11 is 0. The predicted molar refractivity (Wildman–Crippen MR) is 111 cm³/mol. The number of benzene rings is 2. The fraction of sp³-hybridized carbons (Fsp3) is 0.333. The van der Waals surface area contributed by atoms with E-state index in [2.05, 4.69) is 5.32 Å². The van der Waals surface area contributed by atoms with Gasteiger partial charge in [0.1, 0.15) is 0 Å². The standard InChI is InChI=1S/C21H25N3O4S/c1-3-23(4-2)29(27,28)19-12-10-16(11-13-19)21(26)22-17-14-20(25)24(15-17)18-8-6-5-7-9-18/h5-13,17H,3-4,14-15H2,1-2H3,(H,22,26). The van der Waals surface area contributed by atoms with Crippen LogP contribution in [0.1, 0.15) is 30.6 Å². The maximum atomic E-state index is 12.6. The topological polar surface area (TPSA) is 86.8 Å². The summed E-state index contributed by atoms with van der Waals surface area (Å²) in [6.07, 6.45) is 0.231. The first kappa shape index (κ1) is 21.0. The Bertz CT molecular complexity index is 971. The van der Waals surface area contributed by atoms with Crippen LogP contribution in [0.3, 0.4) is 0 Å². The summed E-state index contributed by atoms with van der Waals surface area (Å²) in [5, 5.41) is 2.87. The van der Waals surface area contributed by atoms with Gasteiger partial charge >= 0.3 is 0 Å². The summed E-state index contributed by atoms with van der Waals surface area (Å²) in [5.74, 6) is -0.369. The van der Waals surface area contributed by atoms with Gasteiger partial charge in [-0.1, -0.05) is 32.0 Å². The van der Waals surface area contributed by atoms with Gasteiger partial charge in [-0.25, -0.2) is 8.42 Å². The molecule has 29 heavy (non-hydrogen) atoms. The fourth-order valence-corrected chi connectivity index (χ4v) is 4.88. The Hall–Kier alpha value is -2.71. The number of nitrogens with zero attached hydrogens (tertiary/aromatic N) is 2. The second-order valence-corrected chi connectivity index (χ2v) is 8.77. The Morgan fingerprint density at radius 1 is 1.07 bits per heavy atom. The number of carbonyl (C=O) groups is 2. The van der Waals surface area contributed by atoms with Crippen LogP contribution in [0.15, 0.2) is 59.5 Å². The molecule has 0 saturated carbocycles.